The summed E-state index contributed by atoms with van der Waals surface area (Å²) in [6.07, 6.45) is 1.34. The molecule has 0 saturated carbocycles. The Labute approximate surface area is 170 Å². The van der Waals surface area contributed by atoms with Gasteiger partial charge in [-0.05, 0) is 35.7 Å². The van der Waals surface area contributed by atoms with Gasteiger partial charge in [0.05, 0.1) is 18.7 Å². The number of benzene rings is 3. The molecule has 5 nitrogen and oxygen atoms in total. The molecule has 148 valence electrons. The van der Waals surface area contributed by atoms with Crippen LogP contribution in [0.15, 0.2) is 78.9 Å². The van der Waals surface area contributed by atoms with Crippen molar-refractivity contribution in [3.8, 4) is 11.5 Å². The third-order valence-corrected chi connectivity index (χ3v) is 4.52. The van der Waals surface area contributed by atoms with Crippen molar-refractivity contribution in [1.29, 1.82) is 0 Å². The van der Waals surface area contributed by atoms with E-state index in [0.29, 0.717) is 29.8 Å². The highest BCUT2D eigenvalue weighted by Crippen LogP contribution is 2.23. The van der Waals surface area contributed by atoms with Gasteiger partial charge in [0, 0.05) is 0 Å². The maximum Gasteiger partial charge on any atom is 0.258 e. The minimum atomic E-state index is -0.262. The van der Waals surface area contributed by atoms with Gasteiger partial charge in [0.1, 0.15) is 11.5 Å². The van der Waals surface area contributed by atoms with E-state index < -0.39 is 0 Å². The van der Waals surface area contributed by atoms with Crippen molar-refractivity contribution in [2.45, 2.75) is 12.5 Å². The van der Waals surface area contributed by atoms with E-state index in [0.717, 1.165) is 11.1 Å². The van der Waals surface area contributed by atoms with Gasteiger partial charge in [0.15, 0.2) is 12.9 Å². The maximum absolute atomic E-state index is 12.6. The zero-order valence-corrected chi connectivity index (χ0v) is 16.2. The van der Waals surface area contributed by atoms with Gasteiger partial charge in [-0.2, -0.15) is 0 Å². The fourth-order valence-electron chi connectivity index (χ4n) is 3.04. The summed E-state index contributed by atoms with van der Waals surface area (Å²) in [5.41, 5.74) is 2.48. The lowest BCUT2D eigenvalue weighted by Crippen LogP contribution is -2.33. The molecule has 1 atom stereocenters. The van der Waals surface area contributed by atoms with Crippen LogP contribution < -0.4 is 14.8 Å². The van der Waals surface area contributed by atoms with Crippen molar-refractivity contribution in [2.75, 3.05) is 13.7 Å². The van der Waals surface area contributed by atoms with Crippen LogP contribution in [0.2, 0.25) is 0 Å². The summed E-state index contributed by atoms with van der Waals surface area (Å²) in [5.74, 6) is 0.633. The number of amides is 1. The second-order valence-corrected chi connectivity index (χ2v) is 6.53. The van der Waals surface area contributed by atoms with Crippen LogP contribution in [0.1, 0.15) is 27.5 Å². The van der Waals surface area contributed by atoms with Crippen molar-refractivity contribution in [3.05, 3.63) is 95.6 Å². The average molecular weight is 389 g/mol. The van der Waals surface area contributed by atoms with Gasteiger partial charge in [-0.1, -0.05) is 60.7 Å². The first kappa shape index (κ1) is 20.1. The van der Waals surface area contributed by atoms with Crippen molar-refractivity contribution >= 4 is 12.2 Å². The van der Waals surface area contributed by atoms with E-state index in [-0.39, 0.29) is 18.6 Å². The molecule has 0 aromatic heterocycles. The molecular formula is C24H23NO4. The lowest BCUT2D eigenvalue weighted by Gasteiger charge is -2.20. The first-order valence-electron chi connectivity index (χ1n) is 9.34. The second kappa shape index (κ2) is 10.1. The largest absolute Gasteiger partial charge is 0.497 e. The number of carbonyl (C=O) groups is 2. The molecule has 0 aliphatic heterocycles. The van der Waals surface area contributed by atoms with E-state index in [4.69, 9.17) is 9.47 Å². The van der Waals surface area contributed by atoms with E-state index in [1.807, 2.05) is 60.7 Å². The van der Waals surface area contributed by atoms with Gasteiger partial charge in [-0.25, -0.2) is 0 Å². The minimum Gasteiger partial charge on any atom is -0.497 e. The zero-order chi connectivity index (χ0) is 20.5. The molecule has 0 radical (unpaired) electrons. The highest BCUT2D eigenvalue weighted by atomic mass is 16.5. The van der Waals surface area contributed by atoms with Crippen LogP contribution in [-0.2, 0) is 11.2 Å². The van der Waals surface area contributed by atoms with Crippen LogP contribution >= 0.6 is 0 Å². The molecule has 1 amide bonds. The molecule has 0 aliphatic rings. The molecule has 1 unspecified atom stereocenters. The molecule has 3 aromatic rings. The Morgan fingerprint density at radius 2 is 1.69 bits per heavy atom. The molecule has 1 N–H and O–H groups in total. The summed E-state index contributed by atoms with van der Waals surface area (Å²) in [4.78, 5) is 23.8. The summed E-state index contributed by atoms with van der Waals surface area (Å²) >= 11 is 0. The highest BCUT2D eigenvalue weighted by Gasteiger charge is 2.16. The zero-order valence-electron chi connectivity index (χ0n) is 16.2. The molecule has 3 aromatic carbocycles. The van der Waals surface area contributed by atoms with Gasteiger partial charge in [-0.15, -0.1) is 0 Å². The molecule has 3 rings (SSSR count). The van der Waals surface area contributed by atoms with Gasteiger partial charge in [-0.3, -0.25) is 9.59 Å². The quantitative estimate of drug-likeness (QED) is 0.562. The standard InChI is InChI=1S/C24H23NO4/c1-28-21-12-13-23(20(15-21)16-26)29-17-24(27)25-22(19-10-6-3-7-11-19)14-18-8-4-2-5-9-18/h2-13,15-16,22H,14,17H2,1H3,(H,25,27). The van der Waals surface area contributed by atoms with Crippen LogP contribution in [0, 0.1) is 0 Å². The van der Waals surface area contributed by atoms with Crippen LogP contribution in [-0.4, -0.2) is 25.9 Å². The smallest absolute Gasteiger partial charge is 0.258 e. The first-order chi connectivity index (χ1) is 14.2. The fraction of sp³-hybridized carbons (Fsp3) is 0.167. The van der Waals surface area contributed by atoms with E-state index in [2.05, 4.69) is 5.32 Å². The Morgan fingerprint density at radius 1 is 1.00 bits per heavy atom. The maximum atomic E-state index is 12.6. The number of hydrogen-bond acceptors (Lipinski definition) is 4. The molecule has 0 fully saturated rings. The van der Waals surface area contributed by atoms with Gasteiger partial charge in [0.2, 0.25) is 0 Å². The number of ether oxygens (including phenoxy) is 2. The summed E-state index contributed by atoms with van der Waals surface area (Å²) in [6, 6.07) is 24.5. The van der Waals surface area contributed by atoms with Crippen molar-refractivity contribution in [1.82, 2.24) is 5.32 Å². The Hall–Kier alpha value is -3.60. The predicted molar refractivity (Wildman–Crippen MR) is 111 cm³/mol. The molecule has 0 aliphatic carbocycles. The number of carbonyl (C=O) groups excluding carboxylic acids is 2. The third-order valence-electron chi connectivity index (χ3n) is 4.52. The summed E-state index contributed by atoms with van der Waals surface area (Å²) in [5, 5.41) is 3.04. The molecule has 0 bridgehead atoms. The summed E-state index contributed by atoms with van der Waals surface area (Å²) < 4.78 is 10.7. The monoisotopic (exact) mass is 389 g/mol. The van der Waals surface area contributed by atoms with Crippen molar-refractivity contribution in [2.24, 2.45) is 0 Å². The van der Waals surface area contributed by atoms with Gasteiger partial charge >= 0.3 is 0 Å². The lowest BCUT2D eigenvalue weighted by atomic mass is 9.99. The predicted octanol–water partition coefficient (Wildman–Crippen LogP) is 3.99. The van der Waals surface area contributed by atoms with E-state index >= 15 is 0 Å². The van der Waals surface area contributed by atoms with E-state index in [9.17, 15) is 9.59 Å². The van der Waals surface area contributed by atoms with Crippen molar-refractivity contribution < 1.29 is 19.1 Å². The fourth-order valence-corrected chi connectivity index (χ4v) is 3.04. The molecular weight excluding hydrogens is 366 g/mol. The number of aldehydes is 1. The molecule has 0 spiro atoms. The van der Waals surface area contributed by atoms with E-state index in [1.54, 1.807) is 18.2 Å². The third kappa shape index (κ3) is 5.69. The van der Waals surface area contributed by atoms with Crippen molar-refractivity contribution in [3.63, 3.8) is 0 Å². The molecule has 5 heteroatoms. The van der Waals surface area contributed by atoms with Crippen LogP contribution in [0.3, 0.4) is 0 Å². The average Bonchev–Trinajstić information content (AvgIpc) is 2.78. The SMILES string of the molecule is COc1ccc(OCC(=O)NC(Cc2ccccc2)c2ccccc2)c(C=O)c1. The Kier molecular flexibility index (Phi) is 7.00. The Balaban J connectivity index is 1.68. The van der Waals surface area contributed by atoms with E-state index in [1.165, 1.54) is 7.11 Å². The van der Waals surface area contributed by atoms with Gasteiger partial charge in [0.25, 0.3) is 5.91 Å². The molecule has 29 heavy (non-hydrogen) atoms. The van der Waals surface area contributed by atoms with Gasteiger partial charge < -0.3 is 14.8 Å². The normalized spacial score (nSPS) is 11.3. The summed E-state index contributed by atoms with van der Waals surface area (Å²) in [6.45, 7) is -0.189. The lowest BCUT2D eigenvalue weighted by molar-refractivity contribution is -0.123. The second-order valence-electron chi connectivity index (χ2n) is 6.53. The number of hydrogen-bond donors (Lipinski definition) is 1. The number of methoxy groups -OCH3 is 1. The Bertz CT molecular complexity index is 942. The number of rotatable bonds is 9. The Morgan fingerprint density at radius 3 is 2.34 bits per heavy atom. The highest BCUT2D eigenvalue weighted by molar-refractivity contribution is 5.81. The molecule has 0 heterocycles. The first-order valence-corrected chi connectivity index (χ1v) is 9.34. The topological polar surface area (TPSA) is 64.6 Å². The summed E-state index contributed by atoms with van der Waals surface area (Å²) in [7, 11) is 1.52. The molecule has 0 saturated heterocycles. The number of nitrogens with one attached hydrogen (secondary N) is 1. The minimum absolute atomic E-state index is 0.184. The van der Waals surface area contributed by atoms with Crippen LogP contribution in [0.5, 0.6) is 11.5 Å². The van der Waals surface area contributed by atoms with Crippen LogP contribution in [0.4, 0.5) is 0 Å². The van der Waals surface area contributed by atoms with Crippen LogP contribution in [0.25, 0.3) is 0 Å².